The summed E-state index contributed by atoms with van der Waals surface area (Å²) in [7, 11) is -2.65. The molecule has 19 heavy (non-hydrogen) atoms. The highest BCUT2D eigenvalue weighted by Gasteiger charge is 2.27. The van der Waals surface area contributed by atoms with E-state index >= 15 is 0 Å². The predicted molar refractivity (Wildman–Crippen MR) is 74.7 cm³/mol. The van der Waals surface area contributed by atoms with Crippen molar-refractivity contribution in [3.05, 3.63) is 29.3 Å². The molecular formula is C12H17ClN2O3S. The number of sulfonamides is 1. The molecule has 0 atom stereocenters. The molecule has 0 spiro atoms. The van der Waals surface area contributed by atoms with Gasteiger partial charge in [0.25, 0.3) is 10.0 Å². The van der Waals surface area contributed by atoms with Crippen LogP contribution < -0.4 is 5.32 Å². The topological polar surface area (TPSA) is 66.5 Å². The van der Waals surface area contributed by atoms with Crippen LogP contribution in [-0.2, 0) is 10.0 Å². The van der Waals surface area contributed by atoms with Crippen LogP contribution in [0, 0.1) is 0 Å². The Labute approximate surface area is 118 Å². The van der Waals surface area contributed by atoms with Crippen LogP contribution in [0.4, 0.5) is 4.79 Å². The Morgan fingerprint density at radius 1 is 1.21 bits per heavy atom. The summed E-state index contributed by atoms with van der Waals surface area (Å²) in [5, 5.41) is 3.02. The molecule has 0 heterocycles. The Bertz CT molecular complexity index is 562. The number of hydrogen-bond acceptors (Lipinski definition) is 3. The molecule has 0 bridgehead atoms. The van der Waals surface area contributed by atoms with Crippen molar-refractivity contribution in [2.24, 2.45) is 0 Å². The van der Waals surface area contributed by atoms with E-state index in [4.69, 9.17) is 11.6 Å². The summed E-state index contributed by atoms with van der Waals surface area (Å²) in [6, 6.07) is 4.97. The highest BCUT2D eigenvalue weighted by Crippen LogP contribution is 2.17. The molecule has 0 aliphatic heterocycles. The zero-order valence-corrected chi connectivity index (χ0v) is 12.8. The molecule has 5 nitrogen and oxygen atoms in total. The van der Waals surface area contributed by atoms with Crippen molar-refractivity contribution in [2.45, 2.75) is 31.2 Å². The van der Waals surface area contributed by atoms with E-state index < -0.39 is 21.6 Å². The monoisotopic (exact) mass is 304 g/mol. The van der Waals surface area contributed by atoms with E-state index in [0.29, 0.717) is 9.33 Å². The smallest absolute Gasteiger partial charge is 0.331 e. The number of amides is 2. The fourth-order valence-electron chi connectivity index (χ4n) is 1.27. The predicted octanol–water partition coefficient (Wildman–Crippen LogP) is 2.47. The van der Waals surface area contributed by atoms with Gasteiger partial charge in [0.15, 0.2) is 0 Å². The molecule has 1 rings (SSSR count). The number of rotatable bonds is 2. The summed E-state index contributed by atoms with van der Waals surface area (Å²) in [6.07, 6.45) is 0. The molecule has 1 aromatic rings. The first-order valence-electron chi connectivity index (χ1n) is 5.61. The van der Waals surface area contributed by atoms with Gasteiger partial charge >= 0.3 is 6.03 Å². The zero-order chi connectivity index (χ0) is 14.8. The molecule has 1 aromatic carbocycles. The van der Waals surface area contributed by atoms with Crippen LogP contribution >= 0.6 is 11.6 Å². The first-order chi connectivity index (χ1) is 8.54. The Balaban J connectivity index is 3.00. The van der Waals surface area contributed by atoms with Crippen LogP contribution in [0.3, 0.4) is 0 Å². The van der Waals surface area contributed by atoms with Crippen LogP contribution in [-0.4, -0.2) is 31.3 Å². The van der Waals surface area contributed by atoms with Crippen molar-refractivity contribution in [1.82, 2.24) is 9.62 Å². The molecule has 0 aliphatic rings. The number of nitrogens with zero attached hydrogens (tertiary/aromatic N) is 1. The fraction of sp³-hybridized carbons (Fsp3) is 0.417. The minimum atomic E-state index is -3.86. The molecule has 7 heteroatoms. The Hall–Kier alpha value is -1.27. The lowest BCUT2D eigenvalue weighted by Crippen LogP contribution is -2.48. The fourth-order valence-corrected chi connectivity index (χ4v) is 2.46. The molecule has 2 amide bonds. The lowest BCUT2D eigenvalue weighted by atomic mass is 10.1. The highest BCUT2D eigenvalue weighted by molar-refractivity contribution is 7.89. The summed E-state index contributed by atoms with van der Waals surface area (Å²) in [5.74, 6) is 0. The van der Waals surface area contributed by atoms with E-state index in [1.54, 1.807) is 20.8 Å². The van der Waals surface area contributed by atoms with Crippen molar-refractivity contribution < 1.29 is 13.2 Å². The van der Waals surface area contributed by atoms with Gasteiger partial charge in [0.2, 0.25) is 0 Å². The maximum absolute atomic E-state index is 12.2. The van der Waals surface area contributed by atoms with Gasteiger partial charge in [-0.2, -0.15) is 0 Å². The van der Waals surface area contributed by atoms with E-state index in [1.165, 1.54) is 31.3 Å². The largest absolute Gasteiger partial charge is 0.333 e. The third-order valence-electron chi connectivity index (χ3n) is 2.24. The minimum Gasteiger partial charge on any atom is -0.333 e. The quantitative estimate of drug-likeness (QED) is 0.912. The number of urea groups is 1. The summed E-state index contributed by atoms with van der Waals surface area (Å²) in [5.41, 5.74) is -0.513. The SMILES string of the molecule is CN(C(=O)NC(C)(C)C)S(=O)(=O)c1ccc(Cl)cc1. The van der Waals surface area contributed by atoms with Crippen molar-refractivity contribution in [2.75, 3.05) is 7.05 Å². The van der Waals surface area contributed by atoms with Crippen molar-refractivity contribution in [3.63, 3.8) is 0 Å². The molecule has 0 radical (unpaired) electrons. The molecule has 106 valence electrons. The average Bonchev–Trinajstić information content (AvgIpc) is 2.26. The normalized spacial score (nSPS) is 12.1. The van der Waals surface area contributed by atoms with E-state index in [1.807, 2.05) is 0 Å². The lowest BCUT2D eigenvalue weighted by molar-refractivity contribution is 0.219. The number of benzene rings is 1. The second-order valence-corrected chi connectivity index (χ2v) is 7.51. The van der Waals surface area contributed by atoms with Crippen LogP contribution in [0.1, 0.15) is 20.8 Å². The summed E-state index contributed by atoms with van der Waals surface area (Å²) >= 11 is 5.70. The standard InChI is InChI=1S/C12H17ClN2O3S/c1-12(2,3)14-11(16)15(4)19(17,18)10-7-5-9(13)6-8-10/h5-8H,1-4H3,(H,14,16). The lowest BCUT2D eigenvalue weighted by Gasteiger charge is -2.25. The first-order valence-corrected chi connectivity index (χ1v) is 7.42. The van der Waals surface area contributed by atoms with Crippen LogP contribution in [0.25, 0.3) is 0 Å². The van der Waals surface area contributed by atoms with Gasteiger partial charge < -0.3 is 5.32 Å². The molecule has 0 unspecified atom stereocenters. The summed E-state index contributed by atoms with van der Waals surface area (Å²) in [4.78, 5) is 11.9. The molecule has 0 saturated heterocycles. The number of nitrogens with one attached hydrogen (secondary N) is 1. The van der Waals surface area contributed by atoms with Gasteiger partial charge in [-0.1, -0.05) is 11.6 Å². The second-order valence-electron chi connectivity index (χ2n) is 5.11. The zero-order valence-electron chi connectivity index (χ0n) is 11.3. The maximum Gasteiger partial charge on any atom is 0.331 e. The van der Waals surface area contributed by atoms with Gasteiger partial charge in [0.1, 0.15) is 0 Å². The van der Waals surface area contributed by atoms with Gasteiger partial charge in [-0.15, -0.1) is 0 Å². The highest BCUT2D eigenvalue weighted by atomic mass is 35.5. The van der Waals surface area contributed by atoms with Crippen LogP contribution in [0.2, 0.25) is 5.02 Å². The summed E-state index contributed by atoms with van der Waals surface area (Å²) < 4.78 is 25.1. The molecule has 0 aromatic heterocycles. The Kier molecular flexibility index (Phi) is 4.47. The number of carbonyl (C=O) groups excluding carboxylic acids is 1. The van der Waals surface area contributed by atoms with Crippen LogP contribution in [0.15, 0.2) is 29.2 Å². The summed E-state index contributed by atoms with van der Waals surface area (Å²) in [6.45, 7) is 5.31. The Morgan fingerprint density at radius 3 is 2.11 bits per heavy atom. The van der Waals surface area contributed by atoms with Crippen molar-refractivity contribution >= 4 is 27.7 Å². The Morgan fingerprint density at radius 2 is 1.68 bits per heavy atom. The minimum absolute atomic E-state index is 0.0171. The van der Waals surface area contributed by atoms with E-state index in [9.17, 15) is 13.2 Å². The van der Waals surface area contributed by atoms with E-state index in [2.05, 4.69) is 5.32 Å². The van der Waals surface area contributed by atoms with Crippen molar-refractivity contribution in [1.29, 1.82) is 0 Å². The number of hydrogen-bond donors (Lipinski definition) is 1. The first kappa shape index (κ1) is 15.8. The van der Waals surface area contributed by atoms with Gasteiger partial charge in [0.05, 0.1) is 4.90 Å². The van der Waals surface area contributed by atoms with E-state index in [0.717, 1.165) is 0 Å². The van der Waals surface area contributed by atoms with Gasteiger partial charge in [-0.3, -0.25) is 0 Å². The van der Waals surface area contributed by atoms with Crippen LogP contribution in [0.5, 0.6) is 0 Å². The number of halogens is 1. The molecule has 0 aliphatic carbocycles. The maximum atomic E-state index is 12.2. The number of carbonyl (C=O) groups is 1. The van der Waals surface area contributed by atoms with Gasteiger partial charge in [0, 0.05) is 17.6 Å². The second kappa shape index (κ2) is 5.38. The molecule has 0 fully saturated rings. The molecule has 0 saturated carbocycles. The van der Waals surface area contributed by atoms with E-state index in [-0.39, 0.29) is 4.90 Å². The molecule has 1 N–H and O–H groups in total. The average molecular weight is 305 g/mol. The van der Waals surface area contributed by atoms with Gasteiger partial charge in [-0.05, 0) is 45.0 Å². The molecular weight excluding hydrogens is 288 g/mol. The third-order valence-corrected chi connectivity index (χ3v) is 4.25. The third kappa shape index (κ3) is 4.11. The van der Waals surface area contributed by atoms with Crippen molar-refractivity contribution in [3.8, 4) is 0 Å². The van der Waals surface area contributed by atoms with Gasteiger partial charge in [-0.25, -0.2) is 17.5 Å².